The third-order valence-electron chi connectivity index (χ3n) is 6.83. The zero-order valence-corrected chi connectivity index (χ0v) is 23.8. The van der Waals surface area contributed by atoms with Crippen molar-refractivity contribution in [2.24, 2.45) is 0 Å². The second kappa shape index (κ2) is 12.7. The maximum Gasteiger partial charge on any atom is 0.339 e. The van der Waals surface area contributed by atoms with Crippen LogP contribution in [0, 0.1) is 11.3 Å². The Morgan fingerprint density at radius 3 is 2.35 bits per heavy atom. The van der Waals surface area contributed by atoms with Gasteiger partial charge in [0.15, 0.2) is 0 Å². The minimum atomic E-state index is -0.391. The van der Waals surface area contributed by atoms with Crippen LogP contribution >= 0.6 is 11.6 Å². The van der Waals surface area contributed by atoms with Crippen LogP contribution in [0.25, 0.3) is 0 Å². The number of hydrogen-bond donors (Lipinski definition) is 0. The molecule has 206 valence electrons. The molecule has 0 aliphatic rings. The number of ether oxygens (including phenoxy) is 2. The number of carbonyl (C=O) groups excluding carboxylic acids is 1. The average Bonchev–Trinajstić information content (AvgIpc) is 3.40. The van der Waals surface area contributed by atoms with Crippen molar-refractivity contribution in [1.82, 2.24) is 9.13 Å². The predicted octanol–water partition coefficient (Wildman–Crippen LogP) is 6.36. The molecule has 0 aliphatic heterocycles. The second-order valence-electron chi connectivity index (χ2n) is 9.80. The Kier molecular flexibility index (Phi) is 9.13. The number of pyridine rings is 1. The molecule has 8 heteroatoms. The summed E-state index contributed by atoms with van der Waals surface area (Å²) in [6.45, 7) is 6.50. The standard InChI is InChI=1S/C32H32ClN3O4/c1-5-40-32(38)27-14-15-36(21(2)3)30(27)28(25-10-6-22(18-34)7-11-25)16-24-17-29(33)31(37)35(20-24)19-23-8-12-26(39-4)13-9-23/h6-15,17,20-21,28H,5,16,19H2,1-4H3. The van der Waals surface area contributed by atoms with Crippen molar-refractivity contribution < 1.29 is 14.3 Å². The fourth-order valence-corrected chi connectivity index (χ4v) is 5.12. The van der Waals surface area contributed by atoms with Crippen molar-refractivity contribution in [3.05, 3.63) is 122 Å². The molecule has 0 amide bonds. The lowest BCUT2D eigenvalue weighted by atomic mass is 9.87. The van der Waals surface area contributed by atoms with Crippen molar-refractivity contribution in [1.29, 1.82) is 5.26 Å². The molecule has 2 heterocycles. The summed E-state index contributed by atoms with van der Waals surface area (Å²) in [5.74, 6) is 0.0595. The molecule has 0 fully saturated rings. The number of esters is 1. The Balaban J connectivity index is 1.82. The van der Waals surface area contributed by atoms with Gasteiger partial charge in [-0.2, -0.15) is 5.26 Å². The molecule has 0 saturated heterocycles. The quantitative estimate of drug-likeness (QED) is 0.212. The van der Waals surface area contributed by atoms with Gasteiger partial charge in [0.1, 0.15) is 10.8 Å². The van der Waals surface area contributed by atoms with Gasteiger partial charge in [-0.1, -0.05) is 35.9 Å². The maximum atomic E-state index is 13.0. The molecule has 0 spiro atoms. The third-order valence-corrected chi connectivity index (χ3v) is 7.10. The summed E-state index contributed by atoms with van der Waals surface area (Å²) in [4.78, 5) is 26.0. The van der Waals surface area contributed by atoms with Gasteiger partial charge in [-0.15, -0.1) is 0 Å². The van der Waals surface area contributed by atoms with Gasteiger partial charge in [-0.3, -0.25) is 4.79 Å². The first-order valence-electron chi connectivity index (χ1n) is 13.1. The molecule has 0 bridgehead atoms. The maximum absolute atomic E-state index is 13.0. The number of halogens is 1. The summed E-state index contributed by atoms with van der Waals surface area (Å²) >= 11 is 6.46. The minimum absolute atomic E-state index is 0.0756. The van der Waals surface area contributed by atoms with E-state index >= 15 is 0 Å². The van der Waals surface area contributed by atoms with E-state index in [2.05, 4.69) is 24.5 Å². The lowest BCUT2D eigenvalue weighted by molar-refractivity contribution is 0.0524. The second-order valence-corrected chi connectivity index (χ2v) is 10.2. The number of hydrogen-bond acceptors (Lipinski definition) is 5. The third kappa shape index (κ3) is 6.30. The predicted molar refractivity (Wildman–Crippen MR) is 155 cm³/mol. The lowest BCUT2D eigenvalue weighted by Gasteiger charge is -2.24. The normalized spacial score (nSPS) is 11.7. The van der Waals surface area contributed by atoms with Crippen molar-refractivity contribution in [2.45, 2.75) is 45.7 Å². The Morgan fingerprint density at radius 1 is 1.05 bits per heavy atom. The van der Waals surface area contributed by atoms with Gasteiger partial charge in [0.2, 0.25) is 0 Å². The first-order chi connectivity index (χ1) is 19.2. The number of rotatable bonds is 10. The number of nitrogens with zero attached hydrogens (tertiary/aromatic N) is 3. The first-order valence-corrected chi connectivity index (χ1v) is 13.5. The molecule has 2 aromatic heterocycles. The molecular weight excluding hydrogens is 526 g/mol. The molecule has 7 nitrogen and oxygen atoms in total. The van der Waals surface area contributed by atoms with Crippen molar-refractivity contribution >= 4 is 17.6 Å². The van der Waals surface area contributed by atoms with E-state index in [1.54, 1.807) is 42.9 Å². The number of carbonyl (C=O) groups is 1. The SMILES string of the molecule is CCOC(=O)c1ccn(C(C)C)c1C(Cc1cc(Cl)c(=O)n(Cc2ccc(OC)cc2)c1)c1ccc(C#N)cc1. The van der Waals surface area contributed by atoms with Gasteiger partial charge in [-0.25, -0.2) is 4.79 Å². The summed E-state index contributed by atoms with van der Waals surface area (Å²) in [6, 6.07) is 20.6. The summed E-state index contributed by atoms with van der Waals surface area (Å²) in [7, 11) is 1.61. The minimum Gasteiger partial charge on any atom is -0.497 e. The van der Waals surface area contributed by atoms with E-state index in [4.69, 9.17) is 21.1 Å². The number of nitriles is 1. The smallest absolute Gasteiger partial charge is 0.339 e. The van der Waals surface area contributed by atoms with Crippen LogP contribution in [0.4, 0.5) is 0 Å². The van der Waals surface area contributed by atoms with Crippen LogP contribution < -0.4 is 10.3 Å². The van der Waals surface area contributed by atoms with Gasteiger partial charge < -0.3 is 18.6 Å². The number of benzene rings is 2. The Morgan fingerprint density at radius 2 is 1.75 bits per heavy atom. The lowest BCUT2D eigenvalue weighted by Crippen LogP contribution is -2.23. The molecule has 2 aromatic carbocycles. The zero-order valence-electron chi connectivity index (χ0n) is 23.1. The van der Waals surface area contributed by atoms with E-state index in [1.165, 1.54) is 0 Å². The van der Waals surface area contributed by atoms with Crippen LogP contribution in [0.1, 0.15) is 71.0 Å². The van der Waals surface area contributed by atoms with Crippen LogP contribution in [0.3, 0.4) is 0 Å². The van der Waals surface area contributed by atoms with Crippen molar-refractivity contribution in [3.63, 3.8) is 0 Å². The topological polar surface area (TPSA) is 86.2 Å². The fraction of sp³-hybridized carbons (Fsp3) is 0.281. The number of methoxy groups -OCH3 is 1. The highest BCUT2D eigenvalue weighted by molar-refractivity contribution is 6.30. The highest BCUT2D eigenvalue weighted by Crippen LogP contribution is 2.34. The molecule has 0 saturated carbocycles. The van der Waals surface area contributed by atoms with Crippen LogP contribution in [0.2, 0.25) is 5.02 Å². The molecule has 4 rings (SSSR count). The molecule has 0 radical (unpaired) electrons. The van der Waals surface area contributed by atoms with Gasteiger partial charge >= 0.3 is 5.97 Å². The highest BCUT2D eigenvalue weighted by Gasteiger charge is 2.27. The van der Waals surface area contributed by atoms with Crippen LogP contribution in [-0.4, -0.2) is 28.8 Å². The Hall–Kier alpha value is -4.28. The van der Waals surface area contributed by atoms with E-state index in [1.807, 2.05) is 48.8 Å². The Labute approximate surface area is 239 Å². The largest absolute Gasteiger partial charge is 0.497 e. The van der Waals surface area contributed by atoms with E-state index in [0.29, 0.717) is 24.1 Å². The molecular formula is C32H32ClN3O4. The van der Waals surface area contributed by atoms with Crippen molar-refractivity contribution in [2.75, 3.05) is 13.7 Å². The van der Waals surface area contributed by atoms with Crippen LogP contribution in [0.15, 0.2) is 77.9 Å². The van der Waals surface area contributed by atoms with E-state index in [0.717, 1.165) is 28.1 Å². The summed E-state index contributed by atoms with van der Waals surface area (Å²) in [5, 5.41) is 9.47. The average molecular weight is 558 g/mol. The fourth-order valence-electron chi connectivity index (χ4n) is 4.87. The van der Waals surface area contributed by atoms with Gasteiger partial charge in [0.25, 0.3) is 5.56 Å². The molecule has 0 N–H and O–H groups in total. The van der Waals surface area contributed by atoms with E-state index < -0.39 is 5.97 Å². The van der Waals surface area contributed by atoms with Gasteiger partial charge in [0.05, 0.1) is 37.5 Å². The van der Waals surface area contributed by atoms with E-state index in [9.17, 15) is 14.9 Å². The summed E-state index contributed by atoms with van der Waals surface area (Å²) < 4.78 is 14.3. The van der Waals surface area contributed by atoms with Gasteiger partial charge in [0, 0.05) is 30.0 Å². The van der Waals surface area contributed by atoms with Gasteiger partial charge in [-0.05, 0) is 80.3 Å². The Bertz CT molecular complexity index is 1580. The molecule has 40 heavy (non-hydrogen) atoms. The molecule has 1 unspecified atom stereocenters. The molecule has 1 atom stereocenters. The molecule has 4 aromatic rings. The highest BCUT2D eigenvalue weighted by atomic mass is 35.5. The first kappa shape index (κ1) is 28.7. The summed E-state index contributed by atoms with van der Waals surface area (Å²) in [6.07, 6.45) is 4.18. The van der Waals surface area contributed by atoms with Crippen molar-refractivity contribution in [3.8, 4) is 11.8 Å². The van der Waals surface area contributed by atoms with E-state index in [-0.39, 0.29) is 29.1 Å². The summed E-state index contributed by atoms with van der Waals surface area (Å²) in [5.41, 5.74) is 4.24. The molecule has 0 aliphatic carbocycles. The van der Waals surface area contributed by atoms with Crippen LogP contribution in [0.5, 0.6) is 5.75 Å². The monoisotopic (exact) mass is 557 g/mol. The number of aromatic nitrogens is 2. The van der Waals surface area contributed by atoms with Crippen LogP contribution in [-0.2, 0) is 17.7 Å². The zero-order chi connectivity index (χ0) is 28.8.